The summed E-state index contributed by atoms with van der Waals surface area (Å²) in [7, 11) is 0. The minimum absolute atomic E-state index is 0.0757. The standard InChI is InChI=1S/C14H16Cl2N2O3/c15-8-5-10(14(20)21)13(11(16)6-8)18-12(19)7-17-9-3-1-2-4-9/h5-6,9,17H,1-4,7H2,(H,18,19)(H,20,21). The second kappa shape index (κ2) is 7.11. The monoisotopic (exact) mass is 330 g/mol. The molecule has 0 aliphatic heterocycles. The zero-order valence-corrected chi connectivity index (χ0v) is 12.8. The number of carbonyl (C=O) groups is 2. The van der Waals surface area contributed by atoms with Crippen LogP contribution in [0.1, 0.15) is 36.0 Å². The number of carbonyl (C=O) groups excluding carboxylic acids is 1. The highest BCUT2D eigenvalue weighted by Gasteiger charge is 2.19. The van der Waals surface area contributed by atoms with Crippen molar-refractivity contribution in [1.82, 2.24) is 5.32 Å². The van der Waals surface area contributed by atoms with Crippen molar-refractivity contribution in [1.29, 1.82) is 0 Å². The fraction of sp³-hybridized carbons (Fsp3) is 0.429. The van der Waals surface area contributed by atoms with E-state index < -0.39 is 5.97 Å². The van der Waals surface area contributed by atoms with E-state index in [9.17, 15) is 9.59 Å². The van der Waals surface area contributed by atoms with Crippen LogP contribution in [0.15, 0.2) is 12.1 Å². The van der Waals surface area contributed by atoms with E-state index in [4.69, 9.17) is 28.3 Å². The minimum Gasteiger partial charge on any atom is -0.478 e. The molecule has 0 radical (unpaired) electrons. The van der Waals surface area contributed by atoms with Crippen molar-refractivity contribution in [3.8, 4) is 0 Å². The fourth-order valence-electron chi connectivity index (χ4n) is 2.42. The summed E-state index contributed by atoms with van der Waals surface area (Å²) < 4.78 is 0. The first kappa shape index (κ1) is 16.1. The largest absolute Gasteiger partial charge is 0.478 e. The summed E-state index contributed by atoms with van der Waals surface area (Å²) in [4.78, 5) is 23.1. The maximum absolute atomic E-state index is 11.9. The van der Waals surface area contributed by atoms with Crippen molar-refractivity contribution in [3.05, 3.63) is 27.7 Å². The van der Waals surface area contributed by atoms with E-state index in [2.05, 4.69) is 10.6 Å². The predicted molar refractivity (Wildman–Crippen MR) is 82.3 cm³/mol. The highest BCUT2D eigenvalue weighted by molar-refractivity contribution is 6.37. The summed E-state index contributed by atoms with van der Waals surface area (Å²) in [6, 6.07) is 3.01. The zero-order chi connectivity index (χ0) is 15.4. The van der Waals surface area contributed by atoms with E-state index in [-0.39, 0.29) is 33.7 Å². The quantitative estimate of drug-likeness (QED) is 0.774. The molecule has 1 aliphatic carbocycles. The van der Waals surface area contributed by atoms with Crippen LogP contribution in [0.4, 0.5) is 5.69 Å². The lowest BCUT2D eigenvalue weighted by Crippen LogP contribution is -2.34. The number of nitrogens with one attached hydrogen (secondary N) is 2. The van der Waals surface area contributed by atoms with Crippen molar-refractivity contribution >= 4 is 40.8 Å². The van der Waals surface area contributed by atoms with Crippen molar-refractivity contribution in [3.63, 3.8) is 0 Å². The van der Waals surface area contributed by atoms with Gasteiger partial charge in [0.1, 0.15) is 0 Å². The van der Waals surface area contributed by atoms with Crippen LogP contribution in [0.2, 0.25) is 10.0 Å². The molecule has 2 rings (SSSR count). The summed E-state index contributed by atoms with van der Waals surface area (Å²) in [5.74, 6) is -1.52. The summed E-state index contributed by atoms with van der Waals surface area (Å²) in [5.41, 5.74) is -0.0477. The maximum atomic E-state index is 11.9. The highest BCUT2D eigenvalue weighted by atomic mass is 35.5. The Bertz CT molecular complexity index is 557. The topological polar surface area (TPSA) is 78.4 Å². The van der Waals surface area contributed by atoms with E-state index in [1.54, 1.807) is 0 Å². The second-order valence-corrected chi connectivity index (χ2v) is 5.87. The molecule has 1 saturated carbocycles. The fourth-order valence-corrected chi connectivity index (χ4v) is 2.96. The first-order valence-electron chi connectivity index (χ1n) is 6.73. The summed E-state index contributed by atoms with van der Waals surface area (Å²) in [6.45, 7) is 0.128. The molecule has 5 nitrogen and oxygen atoms in total. The molecule has 3 N–H and O–H groups in total. The number of halogens is 2. The number of hydrogen-bond donors (Lipinski definition) is 3. The van der Waals surface area contributed by atoms with E-state index >= 15 is 0 Å². The van der Waals surface area contributed by atoms with Crippen LogP contribution in [0.5, 0.6) is 0 Å². The second-order valence-electron chi connectivity index (χ2n) is 5.03. The third-order valence-electron chi connectivity index (χ3n) is 3.46. The van der Waals surface area contributed by atoms with Gasteiger partial charge in [-0.25, -0.2) is 4.79 Å². The Morgan fingerprint density at radius 2 is 1.90 bits per heavy atom. The minimum atomic E-state index is -1.20. The Labute approximate surface area is 132 Å². The molecule has 1 aromatic carbocycles. The van der Waals surface area contributed by atoms with Gasteiger partial charge < -0.3 is 15.7 Å². The molecule has 1 aliphatic rings. The molecular formula is C14H16Cl2N2O3. The SMILES string of the molecule is O=C(CNC1CCCC1)Nc1c(Cl)cc(Cl)cc1C(=O)O. The molecule has 0 heterocycles. The van der Waals surface area contributed by atoms with Crippen molar-refractivity contribution < 1.29 is 14.7 Å². The lowest BCUT2D eigenvalue weighted by Gasteiger charge is -2.14. The smallest absolute Gasteiger partial charge is 0.337 e. The molecule has 0 atom stereocenters. The summed E-state index contributed by atoms with van der Waals surface area (Å²) in [5, 5.41) is 15.2. The van der Waals surface area contributed by atoms with Gasteiger partial charge in [-0.05, 0) is 25.0 Å². The number of benzene rings is 1. The molecule has 1 amide bonds. The van der Waals surface area contributed by atoms with Crippen molar-refractivity contribution in [2.24, 2.45) is 0 Å². The van der Waals surface area contributed by atoms with Gasteiger partial charge in [-0.15, -0.1) is 0 Å². The molecule has 7 heteroatoms. The third-order valence-corrected chi connectivity index (χ3v) is 3.97. The molecule has 114 valence electrons. The number of amides is 1. The molecule has 1 fully saturated rings. The molecule has 21 heavy (non-hydrogen) atoms. The predicted octanol–water partition coefficient (Wildman–Crippen LogP) is 3.16. The van der Waals surface area contributed by atoms with Gasteiger partial charge in [0.15, 0.2) is 0 Å². The van der Waals surface area contributed by atoms with E-state index in [0.29, 0.717) is 6.04 Å². The summed E-state index contributed by atoms with van der Waals surface area (Å²) >= 11 is 11.7. The Balaban J connectivity index is 2.04. The van der Waals surface area contributed by atoms with Crippen LogP contribution < -0.4 is 10.6 Å². The summed E-state index contributed by atoms with van der Waals surface area (Å²) in [6.07, 6.45) is 4.47. The van der Waals surface area contributed by atoms with Crippen LogP contribution in [0, 0.1) is 0 Å². The number of carboxylic acid groups (broad SMARTS) is 1. The van der Waals surface area contributed by atoms with Crippen LogP contribution in [0.25, 0.3) is 0 Å². The van der Waals surface area contributed by atoms with Gasteiger partial charge in [0, 0.05) is 11.1 Å². The van der Waals surface area contributed by atoms with Gasteiger partial charge >= 0.3 is 5.97 Å². The first-order valence-corrected chi connectivity index (χ1v) is 7.48. The van der Waals surface area contributed by atoms with Crippen LogP contribution in [-0.4, -0.2) is 29.6 Å². The molecule has 1 aromatic rings. The van der Waals surface area contributed by atoms with Crippen LogP contribution in [-0.2, 0) is 4.79 Å². The number of rotatable bonds is 5. The van der Waals surface area contributed by atoms with Gasteiger partial charge in [0.05, 0.1) is 22.8 Å². The van der Waals surface area contributed by atoms with Gasteiger partial charge in [0.2, 0.25) is 5.91 Å². The maximum Gasteiger partial charge on any atom is 0.337 e. The van der Waals surface area contributed by atoms with Gasteiger partial charge in [-0.1, -0.05) is 36.0 Å². The molecule has 0 unspecified atom stereocenters. The van der Waals surface area contributed by atoms with Crippen molar-refractivity contribution in [2.45, 2.75) is 31.7 Å². The number of aromatic carboxylic acids is 1. The van der Waals surface area contributed by atoms with Gasteiger partial charge in [0.25, 0.3) is 0 Å². The lowest BCUT2D eigenvalue weighted by molar-refractivity contribution is -0.115. The molecule has 0 aromatic heterocycles. The van der Waals surface area contributed by atoms with Crippen molar-refractivity contribution in [2.75, 3.05) is 11.9 Å². The zero-order valence-electron chi connectivity index (χ0n) is 11.3. The van der Waals surface area contributed by atoms with E-state index in [1.165, 1.54) is 25.0 Å². The van der Waals surface area contributed by atoms with Gasteiger partial charge in [-0.2, -0.15) is 0 Å². The lowest BCUT2D eigenvalue weighted by atomic mass is 10.1. The molecule has 0 saturated heterocycles. The average molecular weight is 331 g/mol. The first-order chi connectivity index (χ1) is 9.97. The number of hydrogen-bond acceptors (Lipinski definition) is 3. The highest BCUT2D eigenvalue weighted by Crippen LogP contribution is 2.30. The number of carboxylic acids is 1. The number of anilines is 1. The van der Waals surface area contributed by atoms with Gasteiger partial charge in [-0.3, -0.25) is 4.79 Å². The Hall–Kier alpha value is -1.30. The molecular weight excluding hydrogens is 315 g/mol. The molecule has 0 bridgehead atoms. The Morgan fingerprint density at radius 3 is 2.52 bits per heavy atom. The normalized spacial score (nSPS) is 15.1. The Morgan fingerprint density at radius 1 is 1.24 bits per heavy atom. The Kier molecular flexibility index (Phi) is 5.45. The third kappa shape index (κ3) is 4.33. The van der Waals surface area contributed by atoms with Crippen LogP contribution in [0.3, 0.4) is 0 Å². The van der Waals surface area contributed by atoms with Crippen LogP contribution >= 0.6 is 23.2 Å². The van der Waals surface area contributed by atoms with E-state index in [0.717, 1.165) is 12.8 Å². The van der Waals surface area contributed by atoms with E-state index in [1.807, 2.05) is 0 Å². The molecule has 0 spiro atoms. The average Bonchev–Trinajstić information content (AvgIpc) is 2.92.